The van der Waals surface area contributed by atoms with Crippen LogP contribution in [0.4, 0.5) is 0 Å². The molecule has 1 N–H and O–H groups in total. The minimum absolute atomic E-state index is 0.0953. The number of hydrogen-bond acceptors (Lipinski definition) is 2. The lowest BCUT2D eigenvalue weighted by atomic mass is 9.90. The molecule has 5 heteroatoms. The summed E-state index contributed by atoms with van der Waals surface area (Å²) < 4.78 is 0. The standard InChI is InChI=1S/C16H21Cl2NO2/c1-11-12(16(20)21)5-3-9-19(11)10-4-6-13-14(17)7-2-8-15(13)18/h2,7-8,11-12H,3-6,9-10H2,1H3,(H,20,21)/t11-,12-/m1/s1. The Balaban J connectivity index is 1.90. The molecule has 1 fully saturated rings. The Kier molecular flexibility index (Phi) is 5.91. The van der Waals surface area contributed by atoms with Gasteiger partial charge in [0.1, 0.15) is 0 Å². The molecule has 0 aliphatic carbocycles. The van der Waals surface area contributed by atoms with E-state index in [9.17, 15) is 9.90 Å². The van der Waals surface area contributed by atoms with Gasteiger partial charge in [-0.15, -0.1) is 0 Å². The maximum absolute atomic E-state index is 11.2. The van der Waals surface area contributed by atoms with Crippen molar-refractivity contribution >= 4 is 29.2 Å². The number of carboxylic acid groups (broad SMARTS) is 1. The zero-order valence-electron chi connectivity index (χ0n) is 12.2. The summed E-state index contributed by atoms with van der Waals surface area (Å²) >= 11 is 12.3. The molecule has 116 valence electrons. The van der Waals surface area contributed by atoms with Gasteiger partial charge in [-0.25, -0.2) is 0 Å². The summed E-state index contributed by atoms with van der Waals surface area (Å²) in [5.41, 5.74) is 0.986. The third kappa shape index (κ3) is 4.12. The monoisotopic (exact) mass is 329 g/mol. The van der Waals surface area contributed by atoms with E-state index >= 15 is 0 Å². The summed E-state index contributed by atoms with van der Waals surface area (Å²) in [6, 6.07) is 5.65. The van der Waals surface area contributed by atoms with Gasteiger partial charge in [0.15, 0.2) is 0 Å². The van der Waals surface area contributed by atoms with Crippen LogP contribution in [-0.4, -0.2) is 35.1 Å². The maximum Gasteiger partial charge on any atom is 0.308 e. The van der Waals surface area contributed by atoms with Crippen LogP contribution in [0.5, 0.6) is 0 Å². The number of hydrogen-bond donors (Lipinski definition) is 1. The number of carbonyl (C=O) groups is 1. The first-order valence-corrected chi connectivity index (χ1v) is 8.16. The van der Waals surface area contributed by atoms with Crippen LogP contribution in [0, 0.1) is 5.92 Å². The highest BCUT2D eigenvalue weighted by atomic mass is 35.5. The van der Waals surface area contributed by atoms with Gasteiger partial charge in [0, 0.05) is 16.1 Å². The fourth-order valence-electron chi connectivity index (χ4n) is 3.09. The van der Waals surface area contributed by atoms with Crippen LogP contribution < -0.4 is 0 Å². The Bertz CT molecular complexity index is 487. The van der Waals surface area contributed by atoms with Crippen LogP contribution in [0.15, 0.2) is 18.2 Å². The van der Waals surface area contributed by atoms with Gasteiger partial charge in [-0.3, -0.25) is 9.69 Å². The summed E-state index contributed by atoms with van der Waals surface area (Å²) in [6.45, 7) is 3.87. The molecule has 21 heavy (non-hydrogen) atoms. The van der Waals surface area contributed by atoms with E-state index < -0.39 is 5.97 Å². The van der Waals surface area contributed by atoms with Crippen molar-refractivity contribution in [1.82, 2.24) is 4.90 Å². The van der Waals surface area contributed by atoms with E-state index in [2.05, 4.69) is 4.90 Å². The first-order chi connectivity index (χ1) is 10.0. The first kappa shape index (κ1) is 16.6. The number of benzene rings is 1. The number of carboxylic acids is 1. The zero-order valence-corrected chi connectivity index (χ0v) is 13.7. The van der Waals surface area contributed by atoms with Crippen LogP contribution in [0.25, 0.3) is 0 Å². The smallest absolute Gasteiger partial charge is 0.308 e. The molecular formula is C16H21Cl2NO2. The summed E-state index contributed by atoms with van der Waals surface area (Å²) in [6.07, 6.45) is 3.48. The van der Waals surface area contributed by atoms with E-state index in [1.54, 1.807) is 0 Å². The van der Waals surface area contributed by atoms with Crippen LogP contribution in [0.3, 0.4) is 0 Å². The van der Waals surface area contributed by atoms with Gasteiger partial charge in [0.05, 0.1) is 5.92 Å². The number of likely N-dealkylation sites (tertiary alicyclic amines) is 1. The van der Waals surface area contributed by atoms with Crippen LogP contribution >= 0.6 is 23.2 Å². The number of halogens is 2. The topological polar surface area (TPSA) is 40.5 Å². The average Bonchev–Trinajstić information content (AvgIpc) is 2.43. The van der Waals surface area contributed by atoms with Crippen LogP contribution in [0.2, 0.25) is 10.0 Å². The fourth-order valence-corrected chi connectivity index (χ4v) is 3.68. The average molecular weight is 330 g/mol. The van der Waals surface area contributed by atoms with E-state index in [1.807, 2.05) is 25.1 Å². The molecule has 0 amide bonds. The number of aliphatic carboxylic acids is 1. The molecule has 0 radical (unpaired) electrons. The molecule has 1 heterocycles. The van der Waals surface area contributed by atoms with Crippen molar-refractivity contribution in [2.45, 2.75) is 38.6 Å². The second-order valence-corrected chi connectivity index (χ2v) is 6.48. The van der Waals surface area contributed by atoms with Crippen molar-refractivity contribution in [2.75, 3.05) is 13.1 Å². The molecule has 0 aromatic heterocycles. The van der Waals surface area contributed by atoms with Crippen molar-refractivity contribution in [2.24, 2.45) is 5.92 Å². The van der Waals surface area contributed by atoms with Gasteiger partial charge in [-0.1, -0.05) is 29.3 Å². The van der Waals surface area contributed by atoms with Gasteiger partial charge >= 0.3 is 5.97 Å². The Morgan fingerprint density at radius 2 is 2.05 bits per heavy atom. The molecule has 0 saturated carbocycles. The Morgan fingerprint density at radius 1 is 1.38 bits per heavy atom. The Morgan fingerprint density at radius 3 is 2.67 bits per heavy atom. The molecule has 1 aromatic carbocycles. The minimum Gasteiger partial charge on any atom is -0.481 e. The molecule has 2 rings (SSSR count). The predicted octanol–water partition coefficient (Wildman–Crippen LogP) is 4.11. The van der Waals surface area contributed by atoms with Crippen molar-refractivity contribution in [3.8, 4) is 0 Å². The highest BCUT2D eigenvalue weighted by Gasteiger charge is 2.32. The highest BCUT2D eigenvalue weighted by Crippen LogP contribution is 2.27. The lowest BCUT2D eigenvalue weighted by Gasteiger charge is -2.37. The Hall–Kier alpha value is -0.770. The van der Waals surface area contributed by atoms with Gasteiger partial charge < -0.3 is 5.11 Å². The summed E-state index contributed by atoms with van der Waals surface area (Å²) in [5.74, 6) is -0.927. The van der Waals surface area contributed by atoms with Crippen molar-refractivity contribution < 1.29 is 9.90 Å². The highest BCUT2D eigenvalue weighted by molar-refractivity contribution is 6.35. The predicted molar refractivity (Wildman–Crippen MR) is 86.2 cm³/mol. The lowest BCUT2D eigenvalue weighted by Crippen LogP contribution is -2.46. The molecule has 2 atom stereocenters. The summed E-state index contributed by atoms with van der Waals surface area (Å²) in [4.78, 5) is 13.5. The van der Waals surface area contributed by atoms with Crippen LogP contribution in [0.1, 0.15) is 31.7 Å². The van der Waals surface area contributed by atoms with Gasteiger partial charge in [-0.2, -0.15) is 0 Å². The molecular weight excluding hydrogens is 309 g/mol. The summed E-state index contributed by atoms with van der Waals surface area (Å²) in [5, 5.41) is 10.7. The molecule has 1 saturated heterocycles. The van der Waals surface area contributed by atoms with Gasteiger partial charge in [-0.05, 0) is 63.4 Å². The molecule has 3 nitrogen and oxygen atoms in total. The maximum atomic E-state index is 11.2. The second-order valence-electron chi connectivity index (χ2n) is 5.67. The van der Waals surface area contributed by atoms with Crippen molar-refractivity contribution in [1.29, 1.82) is 0 Å². The van der Waals surface area contributed by atoms with E-state index in [-0.39, 0.29) is 12.0 Å². The largest absolute Gasteiger partial charge is 0.481 e. The fraction of sp³-hybridized carbons (Fsp3) is 0.562. The van der Waals surface area contributed by atoms with E-state index in [1.165, 1.54) is 0 Å². The third-order valence-electron chi connectivity index (χ3n) is 4.37. The van der Waals surface area contributed by atoms with Gasteiger partial charge in [0.25, 0.3) is 0 Å². The third-order valence-corrected chi connectivity index (χ3v) is 5.08. The van der Waals surface area contributed by atoms with E-state index in [4.69, 9.17) is 23.2 Å². The molecule has 0 spiro atoms. The molecule has 1 aliphatic rings. The SMILES string of the molecule is C[C@@H]1[C@H](C(=O)O)CCCN1CCCc1c(Cl)cccc1Cl. The van der Waals surface area contributed by atoms with Gasteiger partial charge in [0.2, 0.25) is 0 Å². The van der Waals surface area contributed by atoms with E-state index in [0.717, 1.165) is 44.3 Å². The normalized spacial score (nSPS) is 23.2. The molecule has 1 aromatic rings. The second kappa shape index (κ2) is 7.48. The summed E-state index contributed by atoms with van der Waals surface area (Å²) in [7, 11) is 0. The van der Waals surface area contributed by atoms with E-state index in [0.29, 0.717) is 10.0 Å². The number of rotatable bonds is 5. The zero-order chi connectivity index (χ0) is 15.4. The van der Waals surface area contributed by atoms with Crippen molar-refractivity contribution in [3.05, 3.63) is 33.8 Å². The molecule has 0 bridgehead atoms. The minimum atomic E-state index is -0.679. The Labute approximate surface area is 135 Å². The number of piperidine rings is 1. The number of nitrogens with zero attached hydrogens (tertiary/aromatic N) is 1. The van der Waals surface area contributed by atoms with Crippen LogP contribution in [-0.2, 0) is 11.2 Å². The molecule has 1 aliphatic heterocycles. The molecule has 0 unspecified atom stereocenters. The quantitative estimate of drug-likeness (QED) is 0.883. The lowest BCUT2D eigenvalue weighted by molar-refractivity contribution is -0.145. The first-order valence-electron chi connectivity index (χ1n) is 7.40. The van der Waals surface area contributed by atoms with Crippen molar-refractivity contribution in [3.63, 3.8) is 0 Å².